The Morgan fingerprint density at radius 3 is 2.60 bits per heavy atom. The summed E-state index contributed by atoms with van der Waals surface area (Å²) in [6.45, 7) is 0.00204. The molecule has 20 heavy (non-hydrogen) atoms. The van der Waals surface area contributed by atoms with Crippen LogP contribution < -0.4 is 5.32 Å². The second-order valence-corrected chi connectivity index (χ2v) is 4.15. The van der Waals surface area contributed by atoms with E-state index in [0.29, 0.717) is 0 Å². The van der Waals surface area contributed by atoms with Crippen molar-refractivity contribution in [2.24, 2.45) is 0 Å². The second-order valence-electron chi connectivity index (χ2n) is 4.15. The van der Waals surface area contributed by atoms with Crippen LogP contribution in [0.3, 0.4) is 0 Å². The first-order valence-electron chi connectivity index (χ1n) is 6.07. The molecule has 0 aliphatic heterocycles. The molecule has 2 aromatic rings. The molecule has 104 valence electrons. The van der Waals surface area contributed by atoms with E-state index in [0.717, 1.165) is 5.56 Å². The predicted molar refractivity (Wildman–Crippen MR) is 71.5 cm³/mol. The predicted octanol–water partition coefficient (Wildman–Crippen LogP) is 2.96. The highest BCUT2D eigenvalue weighted by Crippen LogP contribution is 2.19. The molecule has 0 aliphatic rings. The van der Waals surface area contributed by atoms with Gasteiger partial charge in [0.25, 0.3) is 0 Å². The van der Waals surface area contributed by atoms with Gasteiger partial charge in [0.2, 0.25) is 0 Å². The molecule has 2 N–H and O–H groups in total. The Hall–Kier alpha value is -2.56. The Morgan fingerprint density at radius 1 is 1.15 bits per heavy atom. The summed E-state index contributed by atoms with van der Waals surface area (Å²) in [7, 11) is 0. The fourth-order valence-electron chi connectivity index (χ4n) is 1.66. The van der Waals surface area contributed by atoms with Gasteiger partial charge in [-0.05, 0) is 17.7 Å². The molecule has 0 bridgehead atoms. The summed E-state index contributed by atoms with van der Waals surface area (Å²) in [5, 5.41) is 11.9. The number of ether oxygens (including phenoxy) is 1. The number of aromatic hydroxyl groups is 1. The number of amides is 1. The van der Waals surface area contributed by atoms with Crippen LogP contribution in [-0.2, 0) is 17.9 Å². The van der Waals surface area contributed by atoms with Crippen LogP contribution in [-0.4, -0.2) is 11.2 Å². The van der Waals surface area contributed by atoms with Crippen molar-refractivity contribution in [3.8, 4) is 5.75 Å². The number of hydrogen-bond acceptors (Lipinski definition) is 3. The standard InChI is InChI=1S/C15H14FNO3/c16-13-7-4-8-14(18)12(13)9-17-15(19)20-10-11-5-2-1-3-6-11/h1-8,18H,9-10H2,(H,17,19). The number of hydrogen-bond donors (Lipinski definition) is 2. The maximum Gasteiger partial charge on any atom is 0.407 e. The SMILES string of the molecule is O=C(NCc1c(O)cccc1F)OCc1ccccc1. The summed E-state index contributed by atoms with van der Waals surface area (Å²) in [6.07, 6.45) is -0.670. The average molecular weight is 275 g/mol. The largest absolute Gasteiger partial charge is 0.507 e. The average Bonchev–Trinajstić information content (AvgIpc) is 2.46. The Bertz CT molecular complexity index is 567. The van der Waals surface area contributed by atoms with Crippen LogP contribution in [0.2, 0.25) is 0 Å². The van der Waals surface area contributed by atoms with Crippen molar-refractivity contribution >= 4 is 6.09 Å². The van der Waals surface area contributed by atoms with Gasteiger partial charge in [0.15, 0.2) is 0 Å². The lowest BCUT2D eigenvalue weighted by molar-refractivity contribution is 0.139. The second kappa shape index (κ2) is 6.56. The van der Waals surface area contributed by atoms with Gasteiger partial charge >= 0.3 is 6.09 Å². The minimum atomic E-state index is -0.670. The quantitative estimate of drug-likeness (QED) is 0.902. The minimum Gasteiger partial charge on any atom is -0.507 e. The van der Waals surface area contributed by atoms with Crippen LogP contribution >= 0.6 is 0 Å². The lowest BCUT2D eigenvalue weighted by Crippen LogP contribution is -2.24. The summed E-state index contributed by atoms with van der Waals surface area (Å²) in [5.74, 6) is -0.776. The molecule has 0 unspecified atom stereocenters. The molecule has 0 heterocycles. The van der Waals surface area contributed by atoms with Gasteiger partial charge in [-0.25, -0.2) is 9.18 Å². The fourth-order valence-corrected chi connectivity index (χ4v) is 1.66. The van der Waals surface area contributed by atoms with Gasteiger partial charge in [-0.3, -0.25) is 0 Å². The van der Waals surface area contributed by atoms with Crippen LogP contribution in [0.1, 0.15) is 11.1 Å². The third-order valence-electron chi connectivity index (χ3n) is 2.72. The zero-order valence-electron chi connectivity index (χ0n) is 10.7. The smallest absolute Gasteiger partial charge is 0.407 e. The van der Waals surface area contributed by atoms with E-state index in [1.165, 1.54) is 18.2 Å². The van der Waals surface area contributed by atoms with E-state index in [4.69, 9.17) is 4.74 Å². The Kier molecular flexibility index (Phi) is 4.55. The van der Waals surface area contributed by atoms with Crippen LogP contribution in [0.15, 0.2) is 48.5 Å². The highest BCUT2D eigenvalue weighted by Gasteiger charge is 2.09. The summed E-state index contributed by atoms with van der Waals surface area (Å²) in [6, 6.07) is 13.2. The summed E-state index contributed by atoms with van der Waals surface area (Å²) < 4.78 is 18.4. The van der Waals surface area contributed by atoms with Crippen molar-refractivity contribution in [2.45, 2.75) is 13.2 Å². The van der Waals surface area contributed by atoms with E-state index in [1.54, 1.807) is 0 Å². The highest BCUT2D eigenvalue weighted by atomic mass is 19.1. The molecule has 0 saturated carbocycles. The monoisotopic (exact) mass is 275 g/mol. The first-order valence-corrected chi connectivity index (χ1v) is 6.07. The topological polar surface area (TPSA) is 58.6 Å². The summed E-state index contributed by atoms with van der Waals surface area (Å²) >= 11 is 0. The van der Waals surface area contributed by atoms with E-state index >= 15 is 0 Å². The van der Waals surface area contributed by atoms with Crippen molar-refractivity contribution in [1.29, 1.82) is 0 Å². The number of carbonyl (C=O) groups excluding carboxylic acids is 1. The lowest BCUT2D eigenvalue weighted by Gasteiger charge is -2.09. The summed E-state index contributed by atoms with van der Waals surface area (Å²) in [5.41, 5.74) is 0.889. The van der Waals surface area contributed by atoms with Crippen molar-refractivity contribution in [3.63, 3.8) is 0 Å². The Balaban J connectivity index is 1.84. The third kappa shape index (κ3) is 3.71. The van der Waals surface area contributed by atoms with Gasteiger partial charge in [-0.1, -0.05) is 36.4 Å². The zero-order valence-corrected chi connectivity index (χ0v) is 10.7. The Labute approximate surface area is 115 Å². The van der Waals surface area contributed by atoms with Gasteiger partial charge in [0.1, 0.15) is 18.2 Å². The van der Waals surface area contributed by atoms with E-state index in [-0.39, 0.29) is 24.5 Å². The number of phenols is 1. The number of alkyl carbamates (subject to hydrolysis) is 1. The van der Waals surface area contributed by atoms with E-state index in [1.807, 2.05) is 30.3 Å². The van der Waals surface area contributed by atoms with E-state index in [9.17, 15) is 14.3 Å². The van der Waals surface area contributed by atoms with Gasteiger partial charge in [-0.2, -0.15) is 0 Å². The molecule has 0 fully saturated rings. The maximum atomic E-state index is 13.4. The molecule has 0 spiro atoms. The molecule has 4 nitrogen and oxygen atoms in total. The van der Waals surface area contributed by atoms with E-state index in [2.05, 4.69) is 5.32 Å². The molecule has 2 aromatic carbocycles. The molecule has 0 atom stereocenters. The number of carbonyl (C=O) groups is 1. The van der Waals surface area contributed by atoms with Crippen molar-refractivity contribution < 1.29 is 19.0 Å². The fraction of sp³-hybridized carbons (Fsp3) is 0.133. The number of benzene rings is 2. The third-order valence-corrected chi connectivity index (χ3v) is 2.72. The van der Waals surface area contributed by atoms with E-state index < -0.39 is 11.9 Å². The van der Waals surface area contributed by atoms with Gasteiger partial charge in [0.05, 0.1) is 6.54 Å². The van der Waals surface area contributed by atoms with Crippen LogP contribution in [0.25, 0.3) is 0 Å². The first-order chi connectivity index (χ1) is 9.66. The maximum absolute atomic E-state index is 13.4. The van der Waals surface area contributed by atoms with Crippen molar-refractivity contribution in [1.82, 2.24) is 5.32 Å². The van der Waals surface area contributed by atoms with Gasteiger partial charge in [-0.15, -0.1) is 0 Å². The molecule has 5 heteroatoms. The Morgan fingerprint density at radius 2 is 1.90 bits per heavy atom. The molecule has 2 rings (SSSR count). The molecule has 1 amide bonds. The number of nitrogens with one attached hydrogen (secondary N) is 1. The normalized spacial score (nSPS) is 10.1. The van der Waals surface area contributed by atoms with Crippen molar-refractivity contribution in [3.05, 3.63) is 65.5 Å². The van der Waals surface area contributed by atoms with Crippen LogP contribution in [0.4, 0.5) is 9.18 Å². The van der Waals surface area contributed by atoms with Crippen LogP contribution in [0.5, 0.6) is 5.75 Å². The zero-order chi connectivity index (χ0) is 14.4. The summed E-state index contributed by atoms with van der Waals surface area (Å²) in [4.78, 5) is 11.5. The number of phenolic OH excluding ortho intramolecular Hbond substituents is 1. The lowest BCUT2D eigenvalue weighted by atomic mass is 10.2. The molecule has 0 aromatic heterocycles. The van der Waals surface area contributed by atoms with Gasteiger partial charge in [0, 0.05) is 5.56 Å². The van der Waals surface area contributed by atoms with Gasteiger partial charge < -0.3 is 15.2 Å². The molecule has 0 radical (unpaired) electrons. The van der Waals surface area contributed by atoms with Crippen molar-refractivity contribution in [2.75, 3.05) is 0 Å². The molecular weight excluding hydrogens is 261 g/mol. The van der Waals surface area contributed by atoms with Crippen LogP contribution in [0, 0.1) is 5.82 Å². The molecular formula is C15H14FNO3. The first kappa shape index (κ1) is 13.9. The minimum absolute atomic E-state index is 0.0316. The molecule has 0 saturated heterocycles. The number of rotatable bonds is 4. The number of halogens is 1. The highest BCUT2D eigenvalue weighted by molar-refractivity contribution is 5.67. The molecule has 0 aliphatic carbocycles.